The van der Waals surface area contributed by atoms with E-state index in [1.165, 1.54) is 11.3 Å². The Kier molecular flexibility index (Phi) is 2.90. The molecule has 4 nitrogen and oxygen atoms in total. The van der Waals surface area contributed by atoms with Crippen molar-refractivity contribution in [3.63, 3.8) is 0 Å². The quantitative estimate of drug-likeness (QED) is 0.852. The van der Waals surface area contributed by atoms with Crippen molar-refractivity contribution in [3.8, 4) is 6.07 Å². The first-order chi connectivity index (χ1) is 7.38. The van der Waals surface area contributed by atoms with Gasteiger partial charge in [0.2, 0.25) is 0 Å². The molecule has 5 heteroatoms. The Balaban J connectivity index is 1.97. The summed E-state index contributed by atoms with van der Waals surface area (Å²) in [5.41, 5.74) is 1.09. The highest BCUT2D eigenvalue weighted by Crippen LogP contribution is 2.17. The maximum atomic E-state index is 8.62. The van der Waals surface area contributed by atoms with Crippen LogP contribution in [0.3, 0.4) is 0 Å². The van der Waals surface area contributed by atoms with E-state index in [4.69, 9.17) is 5.26 Å². The van der Waals surface area contributed by atoms with Gasteiger partial charge in [0.25, 0.3) is 0 Å². The molecule has 2 heterocycles. The summed E-state index contributed by atoms with van der Waals surface area (Å²) in [5.74, 6) is 0. The highest BCUT2D eigenvalue weighted by molar-refractivity contribution is 7.16. The van der Waals surface area contributed by atoms with Gasteiger partial charge in [-0.15, -0.1) is 0 Å². The summed E-state index contributed by atoms with van der Waals surface area (Å²) in [6, 6.07) is 5.92. The highest BCUT2D eigenvalue weighted by Gasteiger charge is 1.99. The zero-order valence-corrected chi connectivity index (χ0v) is 8.66. The number of anilines is 1. The van der Waals surface area contributed by atoms with Crippen LogP contribution >= 0.6 is 11.3 Å². The first kappa shape index (κ1) is 9.62. The number of pyridine rings is 1. The molecule has 0 saturated carbocycles. The summed E-state index contributed by atoms with van der Waals surface area (Å²) in [6.45, 7) is 0.673. The van der Waals surface area contributed by atoms with Gasteiger partial charge < -0.3 is 5.32 Å². The zero-order chi connectivity index (χ0) is 10.5. The first-order valence-electron chi connectivity index (χ1n) is 4.37. The number of rotatable bonds is 3. The molecule has 74 valence electrons. The Bertz CT molecular complexity index is 472. The number of thiazole rings is 1. The van der Waals surface area contributed by atoms with Crippen molar-refractivity contribution in [3.05, 3.63) is 41.2 Å². The molecule has 0 amide bonds. The Labute approximate surface area is 91.2 Å². The second-order valence-electron chi connectivity index (χ2n) is 2.86. The third-order valence-corrected chi connectivity index (χ3v) is 2.64. The molecule has 2 aromatic heterocycles. The lowest BCUT2D eigenvalue weighted by Crippen LogP contribution is -1.98. The van der Waals surface area contributed by atoms with Gasteiger partial charge in [0.15, 0.2) is 5.13 Å². The lowest BCUT2D eigenvalue weighted by Gasteiger charge is -2.00. The summed E-state index contributed by atoms with van der Waals surface area (Å²) in [6.07, 6.45) is 5.10. The second-order valence-corrected chi connectivity index (χ2v) is 3.89. The molecule has 0 radical (unpaired) electrons. The molecule has 0 saturated heterocycles. The van der Waals surface area contributed by atoms with E-state index in [2.05, 4.69) is 15.3 Å². The minimum Gasteiger partial charge on any atom is -0.357 e. The van der Waals surface area contributed by atoms with Crippen LogP contribution in [0, 0.1) is 11.3 Å². The third-order valence-electron chi connectivity index (χ3n) is 1.78. The Morgan fingerprint density at radius 2 is 2.40 bits per heavy atom. The van der Waals surface area contributed by atoms with Crippen LogP contribution < -0.4 is 5.32 Å². The fourth-order valence-corrected chi connectivity index (χ4v) is 1.70. The van der Waals surface area contributed by atoms with Crippen LogP contribution in [0.15, 0.2) is 30.7 Å². The number of aromatic nitrogens is 2. The van der Waals surface area contributed by atoms with E-state index >= 15 is 0 Å². The zero-order valence-electron chi connectivity index (χ0n) is 7.84. The number of hydrogen-bond acceptors (Lipinski definition) is 5. The van der Waals surface area contributed by atoms with Crippen molar-refractivity contribution in [1.82, 2.24) is 9.97 Å². The molecule has 0 bridgehead atoms. The summed E-state index contributed by atoms with van der Waals surface area (Å²) in [4.78, 5) is 8.69. The van der Waals surface area contributed by atoms with Crippen LogP contribution in [-0.4, -0.2) is 9.97 Å². The summed E-state index contributed by atoms with van der Waals surface area (Å²) in [7, 11) is 0. The number of nitriles is 1. The average molecular weight is 216 g/mol. The highest BCUT2D eigenvalue weighted by atomic mass is 32.1. The van der Waals surface area contributed by atoms with Crippen molar-refractivity contribution in [2.24, 2.45) is 0 Å². The largest absolute Gasteiger partial charge is 0.357 e. The molecule has 0 aromatic carbocycles. The van der Waals surface area contributed by atoms with Crippen molar-refractivity contribution in [1.29, 1.82) is 5.26 Å². The van der Waals surface area contributed by atoms with Crippen LogP contribution in [-0.2, 0) is 6.54 Å². The molecule has 0 atom stereocenters. The van der Waals surface area contributed by atoms with Crippen LogP contribution in [0.25, 0.3) is 0 Å². The molecular formula is C10H8N4S. The van der Waals surface area contributed by atoms with E-state index in [0.717, 1.165) is 10.7 Å². The molecule has 0 aliphatic carbocycles. The summed E-state index contributed by atoms with van der Waals surface area (Å²) < 4.78 is 0. The van der Waals surface area contributed by atoms with E-state index in [9.17, 15) is 0 Å². The third kappa shape index (κ3) is 2.51. The smallest absolute Gasteiger partial charge is 0.184 e. The van der Waals surface area contributed by atoms with Crippen molar-refractivity contribution >= 4 is 16.5 Å². The second kappa shape index (κ2) is 4.53. The maximum Gasteiger partial charge on any atom is 0.184 e. The van der Waals surface area contributed by atoms with Gasteiger partial charge in [-0.05, 0) is 11.6 Å². The topological polar surface area (TPSA) is 61.6 Å². The normalized spacial score (nSPS) is 9.53. The van der Waals surface area contributed by atoms with Crippen LogP contribution in [0.2, 0.25) is 0 Å². The predicted molar refractivity (Wildman–Crippen MR) is 58.4 cm³/mol. The summed E-state index contributed by atoms with van der Waals surface area (Å²) >= 11 is 1.35. The number of nitrogens with zero attached hydrogens (tertiary/aromatic N) is 3. The van der Waals surface area contributed by atoms with Gasteiger partial charge in [0.1, 0.15) is 10.9 Å². The van der Waals surface area contributed by atoms with Gasteiger partial charge >= 0.3 is 0 Å². The Morgan fingerprint density at radius 3 is 3.07 bits per heavy atom. The van der Waals surface area contributed by atoms with Gasteiger partial charge in [-0.25, -0.2) is 4.98 Å². The lowest BCUT2D eigenvalue weighted by atomic mass is 10.3. The van der Waals surface area contributed by atoms with Crippen LogP contribution in [0.5, 0.6) is 0 Å². The van der Waals surface area contributed by atoms with Gasteiger partial charge in [-0.3, -0.25) is 4.98 Å². The fourth-order valence-electron chi connectivity index (χ4n) is 1.09. The number of nitrogens with one attached hydrogen (secondary N) is 1. The molecule has 0 spiro atoms. The molecule has 2 rings (SSSR count). The average Bonchev–Trinajstić information content (AvgIpc) is 2.76. The van der Waals surface area contributed by atoms with Gasteiger partial charge in [0.05, 0.1) is 6.20 Å². The SMILES string of the molecule is N#Cc1cnc(NCc2cccnc2)s1. The predicted octanol–water partition coefficient (Wildman–Crippen LogP) is 2.02. The molecule has 15 heavy (non-hydrogen) atoms. The molecule has 1 N–H and O–H groups in total. The van der Waals surface area contributed by atoms with Gasteiger partial charge in [-0.2, -0.15) is 5.26 Å². The monoisotopic (exact) mass is 216 g/mol. The standard InChI is InChI=1S/C10H8N4S/c11-4-9-7-14-10(15-9)13-6-8-2-1-3-12-5-8/h1-3,5,7H,6H2,(H,13,14). The van der Waals surface area contributed by atoms with Crippen molar-refractivity contribution in [2.75, 3.05) is 5.32 Å². The van der Waals surface area contributed by atoms with E-state index in [0.29, 0.717) is 11.4 Å². The molecular weight excluding hydrogens is 208 g/mol. The van der Waals surface area contributed by atoms with Crippen LogP contribution in [0.1, 0.15) is 10.4 Å². The molecule has 0 aliphatic heterocycles. The van der Waals surface area contributed by atoms with Crippen molar-refractivity contribution in [2.45, 2.75) is 6.54 Å². The maximum absolute atomic E-state index is 8.62. The van der Waals surface area contributed by atoms with E-state index in [-0.39, 0.29) is 0 Å². The van der Waals surface area contributed by atoms with Crippen molar-refractivity contribution < 1.29 is 0 Å². The minimum absolute atomic E-state index is 0.615. The lowest BCUT2D eigenvalue weighted by molar-refractivity contribution is 1.10. The van der Waals surface area contributed by atoms with E-state index in [1.54, 1.807) is 18.6 Å². The van der Waals surface area contributed by atoms with E-state index in [1.807, 2.05) is 18.2 Å². The Morgan fingerprint density at radius 1 is 1.47 bits per heavy atom. The first-order valence-corrected chi connectivity index (χ1v) is 5.19. The minimum atomic E-state index is 0.615. The molecule has 2 aromatic rings. The molecule has 0 aliphatic rings. The summed E-state index contributed by atoms with van der Waals surface area (Å²) in [5, 5.41) is 12.5. The molecule has 0 fully saturated rings. The fraction of sp³-hybridized carbons (Fsp3) is 0.100. The number of hydrogen-bond donors (Lipinski definition) is 1. The van der Waals surface area contributed by atoms with E-state index < -0.39 is 0 Å². The molecule has 0 unspecified atom stereocenters. The van der Waals surface area contributed by atoms with Crippen LogP contribution in [0.4, 0.5) is 5.13 Å². The van der Waals surface area contributed by atoms with Gasteiger partial charge in [-0.1, -0.05) is 17.4 Å². The Hall–Kier alpha value is -1.93. The van der Waals surface area contributed by atoms with Gasteiger partial charge in [0, 0.05) is 18.9 Å².